The number of hydrogen-bond acceptors (Lipinski definition) is 10. The lowest BCUT2D eigenvalue weighted by molar-refractivity contribution is -0.117. The molecule has 2 heterocycles. The van der Waals surface area contributed by atoms with Crippen molar-refractivity contribution in [2.24, 2.45) is 0 Å². The molecule has 0 saturated carbocycles. The monoisotopic (exact) mass is 640 g/mol. The normalized spacial score (nSPS) is 12.4. The van der Waals surface area contributed by atoms with Crippen LogP contribution in [0.15, 0.2) is 91.3 Å². The summed E-state index contributed by atoms with van der Waals surface area (Å²) in [6, 6.07) is 22.5. The number of ether oxygens (including phenoxy) is 1. The van der Waals surface area contributed by atoms with Gasteiger partial charge in [0, 0.05) is 27.9 Å². The summed E-state index contributed by atoms with van der Waals surface area (Å²) in [4.78, 5) is 25.0. The molecule has 0 aliphatic carbocycles. The quantitative estimate of drug-likeness (QED) is 0.154. The molecule has 234 valence electrons. The molecular formula is C32H29ClN8O5. The first kappa shape index (κ1) is 31.9. The topological polar surface area (TPSA) is 177 Å². The number of aromatic nitrogens is 6. The van der Waals surface area contributed by atoms with Gasteiger partial charge in [0.15, 0.2) is 0 Å². The van der Waals surface area contributed by atoms with E-state index in [1.54, 1.807) is 54.6 Å². The van der Waals surface area contributed by atoms with Gasteiger partial charge in [0.1, 0.15) is 18.1 Å². The fourth-order valence-electron chi connectivity index (χ4n) is 4.66. The lowest BCUT2D eigenvalue weighted by Crippen LogP contribution is -2.29. The van der Waals surface area contributed by atoms with Gasteiger partial charge in [0.25, 0.3) is 0 Å². The molecule has 2 amide bonds. The molecule has 5 aromatic rings. The number of amides is 2. The minimum atomic E-state index is -1.30. The van der Waals surface area contributed by atoms with Crippen LogP contribution >= 0.6 is 11.6 Å². The van der Waals surface area contributed by atoms with Gasteiger partial charge in [-0.15, -0.1) is 5.10 Å². The molecule has 5 rings (SSSR count). The molecule has 2 atom stereocenters. The molecule has 3 aromatic carbocycles. The van der Waals surface area contributed by atoms with Gasteiger partial charge in [-0.25, -0.2) is 4.79 Å². The first-order chi connectivity index (χ1) is 22.3. The van der Waals surface area contributed by atoms with Crippen molar-refractivity contribution in [2.45, 2.75) is 18.6 Å². The minimum absolute atomic E-state index is 0.153. The van der Waals surface area contributed by atoms with Crippen molar-refractivity contribution in [3.05, 3.63) is 119 Å². The van der Waals surface area contributed by atoms with Gasteiger partial charge in [-0.2, -0.15) is 14.9 Å². The van der Waals surface area contributed by atoms with Gasteiger partial charge in [-0.3, -0.25) is 10.1 Å². The highest BCUT2D eigenvalue weighted by atomic mass is 35.5. The Bertz CT molecular complexity index is 1820. The number of aliphatic hydroxyl groups excluding tert-OH is 2. The van der Waals surface area contributed by atoms with Crippen LogP contribution < -0.4 is 10.6 Å². The number of hydrogen-bond donors (Lipinski definition) is 4. The molecule has 0 spiro atoms. The molecule has 13 nitrogen and oxygen atoms in total. The molecule has 1 unspecified atom stereocenters. The Balaban J connectivity index is 1.48. The van der Waals surface area contributed by atoms with E-state index in [1.165, 1.54) is 24.2 Å². The van der Waals surface area contributed by atoms with Crippen LogP contribution in [0.1, 0.15) is 34.7 Å². The average Bonchev–Trinajstić information content (AvgIpc) is 3.62. The first-order valence-corrected chi connectivity index (χ1v) is 14.4. The van der Waals surface area contributed by atoms with Gasteiger partial charge < -0.3 is 20.3 Å². The largest absolute Gasteiger partial charge is 0.453 e. The van der Waals surface area contributed by atoms with Crippen molar-refractivity contribution < 1.29 is 24.5 Å². The predicted octanol–water partition coefficient (Wildman–Crippen LogP) is 4.09. The smallest absolute Gasteiger partial charge is 0.411 e. The molecular weight excluding hydrogens is 612 g/mol. The number of halogens is 1. The number of nitrogens with zero attached hydrogens (tertiary/aromatic N) is 6. The minimum Gasteiger partial charge on any atom is -0.453 e. The van der Waals surface area contributed by atoms with E-state index >= 15 is 0 Å². The number of carbonyl (C=O) groups is 2. The third kappa shape index (κ3) is 7.95. The fraction of sp³-hybridized carbons (Fsp3) is 0.156. The van der Waals surface area contributed by atoms with Crippen molar-refractivity contribution in [3.8, 4) is 16.8 Å². The summed E-state index contributed by atoms with van der Waals surface area (Å²) in [7, 11) is 1.27. The standard InChI is InChI=1S/C32H29ClN8O5/c1-46-32(45)35-24-11-7-21(8-12-24)25-17-27(37-38-31(25)29(43)18-42)26(15-20-5-3-2-4-6-20)36-30(44)14-9-22-16-23(33)10-13-28(22)41-19-34-39-40-41/h2-14,16-17,19,26,29,42-43H,15,18H2,1H3,(H,35,45)(H,36,44)/t26?,29-/m1/s1. The molecule has 0 radical (unpaired) electrons. The summed E-state index contributed by atoms with van der Waals surface area (Å²) < 4.78 is 6.11. The SMILES string of the molecule is COC(=O)Nc1ccc(-c2cc(C(Cc3ccccc3)NC(=O)C=Cc3cc(Cl)ccc3-n3cnnn3)nnc2[C@H](O)CO)cc1. The molecule has 14 heteroatoms. The van der Waals surface area contributed by atoms with E-state index in [4.69, 9.17) is 11.6 Å². The number of anilines is 1. The number of rotatable bonds is 11. The second-order valence-electron chi connectivity index (χ2n) is 10.0. The van der Waals surface area contributed by atoms with Crippen LogP contribution in [0.4, 0.5) is 10.5 Å². The van der Waals surface area contributed by atoms with E-state index in [0.29, 0.717) is 45.2 Å². The highest BCUT2D eigenvalue weighted by molar-refractivity contribution is 6.30. The molecule has 0 fully saturated rings. The molecule has 0 bridgehead atoms. The number of benzene rings is 3. The molecule has 0 aliphatic heterocycles. The third-order valence-corrected chi connectivity index (χ3v) is 7.15. The van der Waals surface area contributed by atoms with E-state index < -0.39 is 30.8 Å². The molecule has 0 aliphatic rings. The average molecular weight is 641 g/mol. The van der Waals surface area contributed by atoms with Gasteiger partial charge >= 0.3 is 6.09 Å². The van der Waals surface area contributed by atoms with Crippen molar-refractivity contribution in [1.82, 2.24) is 35.7 Å². The fourth-order valence-corrected chi connectivity index (χ4v) is 4.84. The van der Waals surface area contributed by atoms with Crippen LogP contribution in [0.5, 0.6) is 0 Å². The Morgan fingerprint density at radius 3 is 2.52 bits per heavy atom. The highest BCUT2D eigenvalue weighted by Gasteiger charge is 2.22. The van der Waals surface area contributed by atoms with Gasteiger partial charge in [-0.1, -0.05) is 54.1 Å². The zero-order valence-electron chi connectivity index (χ0n) is 24.5. The van der Waals surface area contributed by atoms with Crippen molar-refractivity contribution in [1.29, 1.82) is 0 Å². The maximum absolute atomic E-state index is 13.4. The molecule has 46 heavy (non-hydrogen) atoms. The van der Waals surface area contributed by atoms with Crippen molar-refractivity contribution in [3.63, 3.8) is 0 Å². The third-order valence-electron chi connectivity index (χ3n) is 6.91. The maximum atomic E-state index is 13.4. The summed E-state index contributed by atoms with van der Waals surface area (Å²) in [5.41, 5.74) is 4.37. The van der Waals surface area contributed by atoms with Crippen LogP contribution in [-0.2, 0) is 16.0 Å². The van der Waals surface area contributed by atoms with E-state index in [0.717, 1.165) is 5.56 Å². The number of tetrazole rings is 1. The summed E-state index contributed by atoms with van der Waals surface area (Å²) in [5, 5.41) is 46.2. The number of aliphatic hydroxyl groups is 2. The van der Waals surface area contributed by atoms with Crippen LogP contribution in [0.3, 0.4) is 0 Å². The summed E-state index contributed by atoms with van der Waals surface area (Å²) >= 11 is 6.23. The van der Waals surface area contributed by atoms with Crippen LogP contribution in [-0.4, -0.2) is 66.3 Å². The Kier molecular flexibility index (Phi) is 10.4. The zero-order valence-corrected chi connectivity index (χ0v) is 25.2. The maximum Gasteiger partial charge on any atom is 0.411 e. The number of methoxy groups -OCH3 is 1. The zero-order chi connectivity index (χ0) is 32.5. The summed E-state index contributed by atoms with van der Waals surface area (Å²) in [5.74, 6) is -0.412. The van der Waals surface area contributed by atoms with Crippen LogP contribution in [0.2, 0.25) is 5.02 Å². The van der Waals surface area contributed by atoms with Crippen LogP contribution in [0.25, 0.3) is 22.9 Å². The molecule has 4 N–H and O–H groups in total. The van der Waals surface area contributed by atoms with Gasteiger partial charge in [0.2, 0.25) is 5.91 Å². The number of nitrogens with one attached hydrogen (secondary N) is 2. The van der Waals surface area contributed by atoms with Gasteiger partial charge in [-0.05, 0) is 70.4 Å². The van der Waals surface area contributed by atoms with E-state index in [-0.39, 0.29) is 5.69 Å². The second kappa shape index (κ2) is 15.0. The summed E-state index contributed by atoms with van der Waals surface area (Å²) in [6.07, 6.45) is 2.88. The first-order valence-electron chi connectivity index (χ1n) is 14.0. The lowest BCUT2D eigenvalue weighted by Gasteiger charge is -2.20. The Morgan fingerprint density at radius 2 is 1.83 bits per heavy atom. The van der Waals surface area contributed by atoms with Gasteiger partial charge in [0.05, 0.1) is 31.1 Å². The predicted molar refractivity (Wildman–Crippen MR) is 170 cm³/mol. The van der Waals surface area contributed by atoms with Crippen molar-refractivity contribution >= 4 is 35.4 Å². The summed E-state index contributed by atoms with van der Waals surface area (Å²) in [6.45, 7) is -0.575. The Morgan fingerprint density at radius 1 is 1.04 bits per heavy atom. The van der Waals surface area contributed by atoms with E-state index in [2.05, 4.69) is 41.1 Å². The number of carbonyl (C=O) groups excluding carboxylic acids is 2. The van der Waals surface area contributed by atoms with E-state index in [1.807, 2.05) is 30.3 Å². The van der Waals surface area contributed by atoms with Crippen LogP contribution in [0, 0.1) is 0 Å². The lowest BCUT2D eigenvalue weighted by atomic mass is 9.97. The van der Waals surface area contributed by atoms with Crippen molar-refractivity contribution in [2.75, 3.05) is 19.0 Å². The Labute approximate surface area is 268 Å². The molecule has 0 saturated heterocycles. The second-order valence-corrected chi connectivity index (χ2v) is 10.4. The van der Waals surface area contributed by atoms with E-state index in [9.17, 15) is 19.8 Å². The highest BCUT2D eigenvalue weighted by Crippen LogP contribution is 2.30. The Hall–Kier alpha value is -5.50. The molecule has 2 aromatic heterocycles.